The van der Waals surface area contributed by atoms with Gasteiger partial charge in [-0.25, -0.2) is 0 Å². The van der Waals surface area contributed by atoms with Crippen molar-refractivity contribution < 1.29 is 0 Å². The maximum absolute atomic E-state index is 5.63. The van der Waals surface area contributed by atoms with Crippen molar-refractivity contribution in [1.82, 2.24) is 10.2 Å². The average molecular weight is 326 g/mol. The molecule has 1 unspecified atom stereocenters. The van der Waals surface area contributed by atoms with Crippen LogP contribution in [0, 0.1) is 5.92 Å². The lowest BCUT2D eigenvalue weighted by atomic mass is 9.85. The Balaban J connectivity index is 1.99. The van der Waals surface area contributed by atoms with Crippen molar-refractivity contribution in [2.24, 2.45) is 11.7 Å². The van der Waals surface area contributed by atoms with Gasteiger partial charge in [0, 0.05) is 23.6 Å². The van der Waals surface area contributed by atoms with Gasteiger partial charge in [0.2, 0.25) is 0 Å². The van der Waals surface area contributed by atoms with Crippen LogP contribution in [0.1, 0.15) is 24.4 Å². The molecule has 0 radical (unpaired) electrons. The molecule has 2 rings (SSSR count). The van der Waals surface area contributed by atoms with Crippen molar-refractivity contribution in [2.75, 3.05) is 33.2 Å². The van der Waals surface area contributed by atoms with Gasteiger partial charge in [-0.2, -0.15) is 0 Å². The molecule has 3 nitrogen and oxygen atoms in total. The molecule has 1 atom stereocenters. The lowest BCUT2D eigenvalue weighted by Crippen LogP contribution is -2.40. The molecule has 1 fully saturated rings. The normalized spacial score (nSPS) is 19.5. The Bertz CT molecular complexity index is 389. The van der Waals surface area contributed by atoms with E-state index < -0.39 is 0 Å². The van der Waals surface area contributed by atoms with E-state index in [2.05, 4.69) is 57.5 Å². The molecule has 0 amide bonds. The molecular weight excluding hydrogens is 302 g/mol. The Hall–Kier alpha value is -0.420. The van der Waals surface area contributed by atoms with Gasteiger partial charge in [0.25, 0.3) is 0 Å². The zero-order valence-corrected chi connectivity index (χ0v) is 13.2. The van der Waals surface area contributed by atoms with E-state index in [1.54, 1.807) is 0 Å². The summed E-state index contributed by atoms with van der Waals surface area (Å²) in [6, 6.07) is 9.11. The number of likely N-dealkylation sites (tertiary alicyclic amines) is 1. The van der Waals surface area contributed by atoms with E-state index in [9.17, 15) is 0 Å². The molecule has 1 aromatic rings. The highest BCUT2D eigenvalue weighted by Crippen LogP contribution is 2.31. The fourth-order valence-electron chi connectivity index (χ4n) is 3.07. The van der Waals surface area contributed by atoms with Crippen molar-refractivity contribution in [3.05, 3.63) is 34.3 Å². The average Bonchev–Trinajstić information content (AvgIpc) is 2.42. The predicted molar refractivity (Wildman–Crippen MR) is 84.2 cm³/mol. The van der Waals surface area contributed by atoms with Crippen LogP contribution >= 0.6 is 15.9 Å². The Morgan fingerprint density at radius 1 is 1.42 bits per heavy atom. The topological polar surface area (TPSA) is 41.3 Å². The maximum atomic E-state index is 5.63. The van der Waals surface area contributed by atoms with Gasteiger partial charge in [-0.05, 0) is 56.6 Å². The third-order valence-corrected chi connectivity index (χ3v) is 4.56. The summed E-state index contributed by atoms with van der Waals surface area (Å²) in [4.78, 5) is 2.48. The molecule has 1 aliphatic heterocycles. The van der Waals surface area contributed by atoms with Gasteiger partial charge >= 0.3 is 0 Å². The maximum Gasteiger partial charge on any atom is 0.0347 e. The number of benzene rings is 1. The summed E-state index contributed by atoms with van der Waals surface area (Å²) in [6.45, 7) is 4.15. The van der Waals surface area contributed by atoms with Gasteiger partial charge in [-0.1, -0.05) is 28.1 Å². The highest BCUT2D eigenvalue weighted by atomic mass is 79.9. The van der Waals surface area contributed by atoms with Crippen LogP contribution in [-0.2, 0) is 0 Å². The van der Waals surface area contributed by atoms with E-state index in [0.717, 1.165) is 17.6 Å². The first-order valence-electron chi connectivity index (χ1n) is 7.09. The number of nitrogens with two attached hydrogens (primary N) is 1. The first-order valence-corrected chi connectivity index (χ1v) is 7.89. The highest BCUT2D eigenvalue weighted by molar-refractivity contribution is 9.10. The predicted octanol–water partition coefficient (Wildman–Crippen LogP) is 2.38. The van der Waals surface area contributed by atoms with E-state index in [1.165, 1.54) is 31.5 Å². The Kier molecular flexibility index (Phi) is 5.82. The first kappa shape index (κ1) is 15.0. The summed E-state index contributed by atoms with van der Waals surface area (Å²) in [7, 11) is 2.07. The second kappa shape index (κ2) is 7.39. The molecule has 0 aliphatic carbocycles. The molecule has 0 saturated carbocycles. The molecule has 106 valence electrons. The quantitative estimate of drug-likeness (QED) is 0.873. The van der Waals surface area contributed by atoms with Crippen molar-refractivity contribution in [1.29, 1.82) is 0 Å². The van der Waals surface area contributed by atoms with Gasteiger partial charge in [-0.15, -0.1) is 0 Å². The zero-order valence-electron chi connectivity index (χ0n) is 11.6. The second-order valence-corrected chi connectivity index (χ2v) is 6.20. The summed E-state index contributed by atoms with van der Waals surface area (Å²) in [6.07, 6.45) is 2.50. The molecule has 0 spiro atoms. The highest BCUT2D eigenvalue weighted by Gasteiger charge is 2.26. The SMILES string of the molecule is CNC(c1cccc(Br)c1)C1CCN(CCN)CC1. The monoisotopic (exact) mass is 325 g/mol. The molecular formula is C15H24BrN3. The number of piperidine rings is 1. The Morgan fingerprint density at radius 2 is 2.16 bits per heavy atom. The zero-order chi connectivity index (χ0) is 13.7. The minimum Gasteiger partial charge on any atom is -0.329 e. The van der Waals surface area contributed by atoms with E-state index in [-0.39, 0.29) is 0 Å². The van der Waals surface area contributed by atoms with Gasteiger partial charge in [0.1, 0.15) is 0 Å². The largest absolute Gasteiger partial charge is 0.329 e. The molecule has 4 heteroatoms. The van der Waals surface area contributed by atoms with Crippen molar-refractivity contribution >= 4 is 15.9 Å². The van der Waals surface area contributed by atoms with Crippen LogP contribution in [0.5, 0.6) is 0 Å². The summed E-state index contributed by atoms with van der Waals surface area (Å²) in [5, 5.41) is 3.50. The van der Waals surface area contributed by atoms with Crippen LogP contribution in [-0.4, -0.2) is 38.1 Å². The number of rotatable bonds is 5. The Labute approximate surface area is 124 Å². The third-order valence-electron chi connectivity index (χ3n) is 4.07. The van der Waals surface area contributed by atoms with E-state index >= 15 is 0 Å². The lowest BCUT2D eigenvalue weighted by Gasteiger charge is -2.36. The van der Waals surface area contributed by atoms with Gasteiger partial charge < -0.3 is 16.0 Å². The van der Waals surface area contributed by atoms with Crippen LogP contribution < -0.4 is 11.1 Å². The summed E-state index contributed by atoms with van der Waals surface area (Å²) < 4.78 is 1.16. The summed E-state index contributed by atoms with van der Waals surface area (Å²) in [5.74, 6) is 0.716. The lowest BCUT2D eigenvalue weighted by molar-refractivity contribution is 0.164. The van der Waals surface area contributed by atoms with Crippen molar-refractivity contribution in [3.8, 4) is 0 Å². The van der Waals surface area contributed by atoms with Crippen LogP contribution in [0.4, 0.5) is 0 Å². The number of halogens is 1. The number of hydrogen-bond donors (Lipinski definition) is 2. The van der Waals surface area contributed by atoms with E-state index in [0.29, 0.717) is 12.0 Å². The van der Waals surface area contributed by atoms with Gasteiger partial charge in [-0.3, -0.25) is 0 Å². The molecule has 1 aromatic carbocycles. The first-order chi connectivity index (χ1) is 9.24. The van der Waals surface area contributed by atoms with Gasteiger partial charge in [0.15, 0.2) is 0 Å². The molecule has 0 bridgehead atoms. The molecule has 1 heterocycles. The van der Waals surface area contributed by atoms with E-state index in [4.69, 9.17) is 5.73 Å². The minimum absolute atomic E-state index is 0.456. The fraction of sp³-hybridized carbons (Fsp3) is 0.600. The third kappa shape index (κ3) is 4.02. The van der Waals surface area contributed by atoms with Crippen LogP contribution in [0.25, 0.3) is 0 Å². The second-order valence-electron chi connectivity index (χ2n) is 5.29. The standard InChI is InChI=1S/C15H24BrN3/c1-18-15(13-3-2-4-14(16)11-13)12-5-8-19(9-6-12)10-7-17/h2-4,11-12,15,18H,5-10,17H2,1H3. The Morgan fingerprint density at radius 3 is 2.74 bits per heavy atom. The summed E-state index contributed by atoms with van der Waals surface area (Å²) >= 11 is 3.56. The molecule has 3 N–H and O–H groups in total. The number of hydrogen-bond acceptors (Lipinski definition) is 3. The molecule has 19 heavy (non-hydrogen) atoms. The van der Waals surface area contributed by atoms with Crippen LogP contribution in [0.15, 0.2) is 28.7 Å². The molecule has 0 aromatic heterocycles. The van der Waals surface area contributed by atoms with Crippen LogP contribution in [0.3, 0.4) is 0 Å². The van der Waals surface area contributed by atoms with Crippen LogP contribution in [0.2, 0.25) is 0 Å². The van der Waals surface area contributed by atoms with Gasteiger partial charge in [0.05, 0.1) is 0 Å². The number of nitrogens with one attached hydrogen (secondary N) is 1. The molecule has 1 aliphatic rings. The molecule has 1 saturated heterocycles. The van der Waals surface area contributed by atoms with E-state index in [1.807, 2.05) is 0 Å². The van der Waals surface area contributed by atoms with Crippen molar-refractivity contribution in [2.45, 2.75) is 18.9 Å². The number of nitrogens with zero attached hydrogens (tertiary/aromatic N) is 1. The fourth-order valence-corrected chi connectivity index (χ4v) is 3.48. The minimum atomic E-state index is 0.456. The summed E-state index contributed by atoms with van der Waals surface area (Å²) in [5.41, 5.74) is 7.01. The van der Waals surface area contributed by atoms with Crippen molar-refractivity contribution in [3.63, 3.8) is 0 Å². The smallest absolute Gasteiger partial charge is 0.0347 e.